The van der Waals surface area contributed by atoms with Crippen molar-refractivity contribution >= 4 is 23.7 Å². The fourth-order valence-electron chi connectivity index (χ4n) is 4.11. The number of benzene rings is 2. The van der Waals surface area contributed by atoms with E-state index in [1.807, 2.05) is 39.0 Å². The molecule has 0 heterocycles. The SMILES string of the molecule is CCOC(=O)COc1ccc2c(c1)C[C@H](N(C[C@H](O)c1cccc(Cl)c1)C(=O)OC(C)(C)C)CC2. The zero-order chi connectivity index (χ0) is 25.6. The van der Waals surface area contributed by atoms with Gasteiger partial charge in [0.25, 0.3) is 0 Å². The zero-order valence-corrected chi connectivity index (χ0v) is 21.5. The molecule has 2 aromatic rings. The Bertz CT molecular complexity index is 1030. The maximum Gasteiger partial charge on any atom is 0.410 e. The molecule has 1 amide bonds. The lowest BCUT2D eigenvalue weighted by atomic mass is 9.87. The number of carbonyl (C=O) groups is 2. The third-order valence-corrected chi connectivity index (χ3v) is 5.95. The number of halogens is 1. The highest BCUT2D eigenvalue weighted by Gasteiger charge is 2.33. The zero-order valence-electron chi connectivity index (χ0n) is 20.8. The average Bonchev–Trinajstić information content (AvgIpc) is 2.79. The molecule has 35 heavy (non-hydrogen) atoms. The Balaban J connectivity index is 1.78. The molecule has 7 nitrogen and oxygen atoms in total. The normalized spacial score (nSPS) is 16.1. The van der Waals surface area contributed by atoms with Crippen molar-refractivity contribution in [2.45, 2.75) is 64.7 Å². The van der Waals surface area contributed by atoms with Crippen LogP contribution in [0, 0.1) is 0 Å². The van der Waals surface area contributed by atoms with Crippen LogP contribution in [0.15, 0.2) is 42.5 Å². The van der Waals surface area contributed by atoms with Gasteiger partial charge in [-0.05, 0) is 87.9 Å². The van der Waals surface area contributed by atoms with Crippen LogP contribution < -0.4 is 4.74 Å². The topological polar surface area (TPSA) is 85.3 Å². The van der Waals surface area contributed by atoms with E-state index in [-0.39, 0.29) is 19.2 Å². The minimum atomic E-state index is -0.915. The number of esters is 1. The van der Waals surface area contributed by atoms with Gasteiger partial charge in [0.15, 0.2) is 6.61 Å². The van der Waals surface area contributed by atoms with Gasteiger partial charge in [-0.25, -0.2) is 9.59 Å². The first-order valence-electron chi connectivity index (χ1n) is 11.9. The molecule has 0 unspecified atom stereocenters. The van der Waals surface area contributed by atoms with Gasteiger partial charge in [-0.1, -0.05) is 29.8 Å². The van der Waals surface area contributed by atoms with Crippen LogP contribution in [0.25, 0.3) is 0 Å². The van der Waals surface area contributed by atoms with Crippen molar-refractivity contribution in [1.82, 2.24) is 4.90 Å². The highest BCUT2D eigenvalue weighted by atomic mass is 35.5. The molecule has 0 fully saturated rings. The molecule has 8 heteroatoms. The first-order chi connectivity index (χ1) is 16.6. The van der Waals surface area contributed by atoms with E-state index in [0.29, 0.717) is 29.4 Å². The summed E-state index contributed by atoms with van der Waals surface area (Å²) in [4.78, 5) is 26.5. The summed E-state index contributed by atoms with van der Waals surface area (Å²) in [5, 5.41) is 11.4. The molecule has 2 atom stereocenters. The number of aliphatic hydroxyl groups excluding tert-OH is 1. The fraction of sp³-hybridized carbons (Fsp3) is 0.481. The van der Waals surface area contributed by atoms with Gasteiger partial charge in [0, 0.05) is 11.1 Å². The smallest absolute Gasteiger partial charge is 0.410 e. The van der Waals surface area contributed by atoms with Crippen LogP contribution in [0.5, 0.6) is 5.75 Å². The Morgan fingerprint density at radius 1 is 1.17 bits per heavy atom. The molecule has 0 aromatic heterocycles. The molecule has 0 radical (unpaired) electrons. The van der Waals surface area contributed by atoms with E-state index in [2.05, 4.69) is 0 Å². The molecule has 0 saturated carbocycles. The lowest BCUT2D eigenvalue weighted by molar-refractivity contribution is -0.145. The van der Waals surface area contributed by atoms with E-state index >= 15 is 0 Å². The Labute approximate surface area is 211 Å². The molecule has 2 aromatic carbocycles. The van der Waals surface area contributed by atoms with Crippen molar-refractivity contribution in [2.24, 2.45) is 0 Å². The monoisotopic (exact) mass is 503 g/mol. The molecule has 190 valence electrons. The summed E-state index contributed by atoms with van der Waals surface area (Å²) in [7, 11) is 0. The van der Waals surface area contributed by atoms with Crippen molar-refractivity contribution < 1.29 is 28.9 Å². The average molecular weight is 504 g/mol. The van der Waals surface area contributed by atoms with Crippen LogP contribution in [-0.2, 0) is 27.1 Å². The van der Waals surface area contributed by atoms with E-state index in [4.69, 9.17) is 25.8 Å². The van der Waals surface area contributed by atoms with Crippen molar-refractivity contribution in [2.75, 3.05) is 19.8 Å². The van der Waals surface area contributed by atoms with Crippen molar-refractivity contribution in [3.63, 3.8) is 0 Å². The number of hydrogen-bond donors (Lipinski definition) is 1. The van der Waals surface area contributed by atoms with Gasteiger partial charge in [-0.15, -0.1) is 0 Å². The quantitative estimate of drug-likeness (QED) is 0.504. The van der Waals surface area contributed by atoms with Gasteiger partial charge in [0.05, 0.1) is 19.3 Å². The lowest BCUT2D eigenvalue weighted by Gasteiger charge is -2.37. The van der Waals surface area contributed by atoms with Gasteiger partial charge in [-0.2, -0.15) is 0 Å². The van der Waals surface area contributed by atoms with Gasteiger partial charge < -0.3 is 24.2 Å². The molecule has 0 saturated heterocycles. The number of rotatable bonds is 8. The van der Waals surface area contributed by atoms with Crippen LogP contribution in [0.1, 0.15) is 56.9 Å². The molecule has 1 N–H and O–H groups in total. The van der Waals surface area contributed by atoms with Crippen molar-refractivity contribution in [1.29, 1.82) is 0 Å². The third kappa shape index (κ3) is 7.87. The maximum absolute atomic E-state index is 13.2. The molecular weight excluding hydrogens is 470 g/mol. The summed E-state index contributed by atoms with van der Waals surface area (Å²) in [5.74, 6) is 0.148. The van der Waals surface area contributed by atoms with E-state index in [1.165, 1.54) is 5.56 Å². The second-order valence-electron chi connectivity index (χ2n) is 9.62. The molecule has 0 aliphatic heterocycles. The predicted octanol–water partition coefficient (Wildman–Crippen LogP) is 5.11. The van der Waals surface area contributed by atoms with Gasteiger partial charge in [0.2, 0.25) is 0 Å². The Morgan fingerprint density at radius 2 is 1.94 bits per heavy atom. The molecule has 3 rings (SSSR count). The molecule has 0 bridgehead atoms. The number of carbonyl (C=O) groups excluding carboxylic acids is 2. The molecule has 1 aliphatic carbocycles. The Morgan fingerprint density at radius 3 is 2.63 bits per heavy atom. The second-order valence-corrected chi connectivity index (χ2v) is 10.1. The first kappa shape index (κ1) is 26.8. The minimum absolute atomic E-state index is 0.0777. The van der Waals surface area contributed by atoms with Crippen molar-refractivity contribution in [3.05, 3.63) is 64.2 Å². The number of aliphatic hydroxyl groups is 1. The minimum Gasteiger partial charge on any atom is -0.482 e. The molecular formula is C27H34ClNO6. The second kappa shape index (κ2) is 11.8. The number of amides is 1. The summed E-state index contributed by atoms with van der Waals surface area (Å²) in [6.07, 6.45) is 0.694. The van der Waals surface area contributed by atoms with Gasteiger partial charge in [-0.3, -0.25) is 0 Å². The standard InChI is InChI=1S/C27H34ClNO6/c1-5-33-25(31)17-34-23-12-10-18-9-11-22(14-20(18)15-23)29(26(32)35-27(2,3)4)16-24(30)19-7-6-8-21(28)13-19/h6-8,10,12-13,15,22,24,30H,5,9,11,14,16-17H2,1-4H3/t22-,24+/m1/s1. The molecule has 1 aliphatic rings. The lowest BCUT2D eigenvalue weighted by Crippen LogP contribution is -2.47. The summed E-state index contributed by atoms with van der Waals surface area (Å²) >= 11 is 6.10. The van der Waals surface area contributed by atoms with Crippen LogP contribution in [0.3, 0.4) is 0 Å². The van der Waals surface area contributed by atoms with Gasteiger partial charge in [0.1, 0.15) is 11.4 Å². The largest absolute Gasteiger partial charge is 0.482 e. The predicted molar refractivity (Wildman–Crippen MR) is 134 cm³/mol. The van der Waals surface area contributed by atoms with E-state index < -0.39 is 23.8 Å². The Kier molecular flexibility index (Phi) is 9.03. The summed E-state index contributed by atoms with van der Waals surface area (Å²) in [6.45, 7) is 7.42. The van der Waals surface area contributed by atoms with E-state index in [1.54, 1.807) is 36.1 Å². The summed E-state index contributed by atoms with van der Waals surface area (Å²) in [6, 6.07) is 12.6. The summed E-state index contributed by atoms with van der Waals surface area (Å²) in [5.41, 5.74) is 2.17. The number of hydrogen-bond acceptors (Lipinski definition) is 6. The number of aryl methyl sites for hydroxylation is 1. The Hall–Kier alpha value is -2.77. The first-order valence-corrected chi connectivity index (χ1v) is 12.3. The van der Waals surface area contributed by atoms with E-state index in [0.717, 1.165) is 18.4 Å². The van der Waals surface area contributed by atoms with E-state index in [9.17, 15) is 14.7 Å². The summed E-state index contributed by atoms with van der Waals surface area (Å²) < 4.78 is 16.2. The number of fused-ring (bicyclic) bond motifs is 1. The highest BCUT2D eigenvalue weighted by molar-refractivity contribution is 6.30. The number of ether oxygens (including phenoxy) is 3. The fourth-order valence-corrected chi connectivity index (χ4v) is 4.31. The van der Waals surface area contributed by atoms with Crippen LogP contribution in [0.4, 0.5) is 4.79 Å². The molecule has 0 spiro atoms. The highest BCUT2D eigenvalue weighted by Crippen LogP contribution is 2.30. The van der Waals surface area contributed by atoms with Crippen molar-refractivity contribution in [3.8, 4) is 5.75 Å². The third-order valence-electron chi connectivity index (χ3n) is 5.71. The number of nitrogens with zero attached hydrogens (tertiary/aromatic N) is 1. The van der Waals surface area contributed by atoms with Gasteiger partial charge >= 0.3 is 12.1 Å². The van der Waals surface area contributed by atoms with Crippen LogP contribution in [0.2, 0.25) is 5.02 Å². The van der Waals surface area contributed by atoms with Crippen LogP contribution >= 0.6 is 11.6 Å². The maximum atomic E-state index is 13.2. The van der Waals surface area contributed by atoms with Crippen LogP contribution in [-0.4, -0.2) is 53.5 Å².